The Labute approximate surface area is 314 Å². The lowest BCUT2D eigenvalue weighted by molar-refractivity contribution is 0.620. The fraction of sp³-hybridized carbons (Fsp3) is 0. The summed E-state index contributed by atoms with van der Waals surface area (Å²) in [6.45, 7) is 0. The van der Waals surface area contributed by atoms with Crippen molar-refractivity contribution in [2.45, 2.75) is 0 Å². The van der Waals surface area contributed by atoms with Gasteiger partial charge in [0.2, 0.25) is 5.89 Å². The summed E-state index contributed by atoms with van der Waals surface area (Å²) < 4.78 is 15.5. The van der Waals surface area contributed by atoms with E-state index < -0.39 is 0 Å². The van der Waals surface area contributed by atoms with Crippen LogP contribution in [0.25, 0.3) is 86.9 Å². The van der Waals surface area contributed by atoms with Crippen molar-refractivity contribution in [2.24, 2.45) is 0 Å². The van der Waals surface area contributed by atoms with Gasteiger partial charge in [-0.05, 0) is 82.9 Å². The molecule has 0 amide bonds. The number of benzene rings is 8. The Bertz CT molecular complexity index is 3160. The Morgan fingerprint density at radius 2 is 1.15 bits per heavy atom. The van der Waals surface area contributed by atoms with E-state index in [1.165, 1.54) is 36.9 Å². The lowest BCUT2D eigenvalue weighted by Gasteiger charge is -2.27. The van der Waals surface area contributed by atoms with Gasteiger partial charge in [-0.3, -0.25) is 0 Å². The molecule has 54 heavy (non-hydrogen) atoms. The van der Waals surface area contributed by atoms with Crippen LogP contribution < -0.4 is 4.90 Å². The molecule has 11 aromatic rings. The first-order valence-corrected chi connectivity index (χ1v) is 18.8. The molecule has 0 N–H and O–H groups in total. The highest BCUT2D eigenvalue weighted by molar-refractivity contribution is 7.26. The fourth-order valence-corrected chi connectivity index (χ4v) is 9.00. The number of oxazole rings is 1. The van der Waals surface area contributed by atoms with Gasteiger partial charge < -0.3 is 13.7 Å². The van der Waals surface area contributed by atoms with E-state index in [4.69, 9.17) is 13.8 Å². The van der Waals surface area contributed by atoms with Crippen molar-refractivity contribution < 1.29 is 8.83 Å². The molecule has 8 aromatic carbocycles. The molecule has 0 radical (unpaired) electrons. The van der Waals surface area contributed by atoms with Gasteiger partial charge in [0.05, 0.1) is 11.1 Å². The van der Waals surface area contributed by atoms with Crippen LogP contribution >= 0.6 is 11.3 Å². The van der Waals surface area contributed by atoms with Gasteiger partial charge in [0.25, 0.3) is 0 Å². The maximum atomic E-state index is 6.58. The summed E-state index contributed by atoms with van der Waals surface area (Å²) in [5, 5.41) is 4.57. The zero-order chi connectivity index (χ0) is 35.6. The first-order valence-electron chi connectivity index (χ1n) is 18.0. The summed E-state index contributed by atoms with van der Waals surface area (Å²) >= 11 is 1.86. The maximum absolute atomic E-state index is 6.58. The summed E-state index contributed by atoms with van der Waals surface area (Å²) in [6.07, 6.45) is 0. The summed E-state index contributed by atoms with van der Waals surface area (Å²) in [7, 11) is 0. The van der Waals surface area contributed by atoms with Gasteiger partial charge in [-0.2, -0.15) is 0 Å². The van der Waals surface area contributed by atoms with Crippen molar-refractivity contribution in [2.75, 3.05) is 4.90 Å². The molecule has 5 heteroatoms. The number of hydrogen-bond acceptors (Lipinski definition) is 5. The molecule has 0 saturated carbocycles. The van der Waals surface area contributed by atoms with Crippen LogP contribution in [-0.2, 0) is 0 Å². The minimum absolute atomic E-state index is 0.591. The van der Waals surface area contributed by atoms with Gasteiger partial charge in [-0.1, -0.05) is 115 Å². The molecule has 254 valence electrons. The third kappa shape index (κ3) is 5.01. The standard InChI is InChI=1S/C49H30N2O2S/c1-3-12-31(13-4-1)32-24-26-35(27-25-32)51(36-17-9-16-34(28-36)37-19-10-20-39-38-18-7-8-23-46(38)54-48(37)39)42-21-11-22-43-47(42)40-29-45-41(30-44(40)52-43)50-49(53-45)33-14-5-2-6-15-33/h1-30H. The minimum atomic E-state index is 0.591. The first-order chi connectivity index (χ1) is 26.7. The van der Waals surface area contributed by atoms with E-state index in [0.717, 1.165) is 61.2 Å². The molecule has 0 unspecified atom stereocenters. The molecule has 0 aliphatic rings. The van der Waals surface area contributed by atoms with Crippen molar-refractivity contribution in [3.05, 3.63) is 182 Å². The van der Waals surface area contributed by atoms with Crippen LogP contribution in [0.1, 0.15) is 0 Å². The van der Waals surface area contributed by atoms with E-state index in [1.807, 2.05) is 53.8 Å². The van der Waals surface area contributed by atoms with E-state index in [-0.39, 0.29) is 0 Å². The molecule has 0 aliphatic carbocycles. The third-order valence-electron chi connectivity index (χ3n) is 10.3. The van der Waals surface area contributed by atoms with Crippen LogP contribution in [-0.4, -0.2) is 4.98 Å². The molecule has 0 atom stereocenters. The Morgan fingerprint density at radius 3 is 2.00 bits per heavy atom. The maximum Gasteiger partial charge on any atom is 0.227 e. The molecule has 0 saturated heterocycles. The smallest absolute Gasteiger partial charge is 0.227 e. The lowest BCUT2D eigenvalue weighted by atomic mass is 10.0. The van der Waals surface area contributed by atoms with Gasteiger partial charge in [-0.25, -0.2) is 4.98 Å². The van der Waals surface area contributed by atoms with Gasteiger partial charge in [0.1, 0.15) is 16.7 Å². The predicted octanol–water partition coefficient (Wildman–Crippen LogP) is 14.6. The highest BCUT2D eigenvalue weighted by atomic mass is 32.1. The molecular weight excluding hydrogens is 681 g/mol. The third-order valence-corrected chi connectivity index (χ3v) is 11.5. The first kappa shape index (κ1) is 30.7. The van der Waals surface area contributed by atoms with Crippen LogP contribution in [0.4, 0.5) is 17.1 Å². The number of nitrogens with zero attached hydrogens (tertiary/aromatic N) is 2. The lowest BCUT2D eigenvalue weighted by Crippen LogP contribution is -2.10. The molecule has 11 rings (SSSR count). The number of fused-ring (bicyclic) bond motifs is 7. The summed E-state index contributed by atoms with van der Waals surface area (Å²) in [6, 6.07) is 64.0. The van der Waals surface area contributed by atoms with E-state index in [1.54, 1.807) is 0 Å². The number of anilines is 3. The number of rotatable bonds is 6. The van der Waals surface area contributed by atoms with Crippen LogP contribution in [0.2, 0.25) is 0 Å². The second-order valence-corrected chi connectivity index (χ2v) is 14.6. The van der Waals surface area contributed by atoms with Crippen LogP contribution in [0.15, 0.2) is 191 Å². The molecule has 0 fully saturated rings. The monoisotopic (exact) mass is 710 g/mol. The molecule has 3 heterocycles. The highest BCUT2D eigenvalue weighted by Gasteiger charge is 2.22. The van der Waals surface area contributed by atoms with Gasteiger partial charge in [0, 0.05) is 48.6 Å². The zero-order valence-electron chi connectivity index (χ0n) is 28.9. The molecule has 0 spiro atoms. The average molecular weight is 711 g/mol. The Morgan fingerprint density at radius 1 is 0.444 bits per heavy atom. The van der Waals surface area contributed by atoms with Crippen molar-refractivity contribution >= 4 is 81.6 Å². The van der Waals surface area contributed by atoms with E-state index >= 15 is 0 Å². The zero-order valence-corrected chi connectivity index (χ0v) is 29.8. The second kappa shape index (κ2) is 12.3. The van der Waals surface area contributed by atoms with Crippen molar-refractivity contribution in [1.29, 1.82) is 0 Å². The predicted molar refractivity (Wildman–Crippen MR) is 225 cm³/mol. The summed E-state index contributed by atoms with van der Waals surface area (Å²) in [5.41, 5.74) is 11.8. The molecule has 0 aliphatic heterocycles. The molecule has 3 aromatic heterocycles. The average Bonchev–Trinajstić information content (AvgIpc) is 3.94. The molecular formula is C49H30N2O2S. The summed E-state index contributed by atoms with van der Waals surface area (Å²) in [4.78, 5) is 7.17. The van der Waals surface area contributed by atoms with E-state index in [2.05, 4.69) is 144 Å². The second-order valence-electron chi connectivity index (χ2n) is 13.5. The van der Waals surface area contributed by atoms with Crippen molar-refractivity contribution in [3.63, 3.8) is 0 Å². The van der Waals surface area contributed by atoms with Crippen LogP contribution in [0, 0.1) is 0 Å². The van der Waals surface area contributed by atoms with Crippen molar-refractivity contribution in [1.82, 2.24) is 4.98 Å². The Hall–Kier alpha value is -6.95. The van der Waals surface area contributed by atoms with Crippen molar-refractivity contribution in [3.8, 4) is 33.7 Å². The number of furan rings is 1. The normalized spacial score (nSPS) is 11.7. The summed E-state index contributed by atoms with van der Waals surface area (Å²) in [5.74, 6) is 0.591. The van der Waals surface area contributed by atoms with E-state index in [0.29, 0.717) is 5.89 Å². The number of aromatic nitrogens is 1. The van der Waals surface area contributed by atoms with Gasteiger partial charge >= 0.3 is 0 Å². The highest BCUT2D eigenvalue weighted by Crippen LogP contribution is 2.46. The topological polar surface area (TPSA) is 42.4 Å². The van der Waals surface area contributed by atoms with Gasteiger partial charge in [0.15, 0.2) is 5.58 Å². The number of hydrogen-bond donors (Lipinski definition) is 0. The molecule has 0 bridgehead atoms. The minimum Gasteiger partial charge on any atom is -0.456 e. The Balaban J connectivity index is 1.11. The van der Waals surface area contributed by atoms with E-state index in [9.17, 15) is 0 Å². The SMILES string of the molecule is c1ccc(-c2ccc(N(c3cccc(-c4cccc5c4sc4ccccc45)c3)c3cccc4oc5cc6nc(-c7ccccc7)oc6cc5c34)cc2)cc1. The molecule has 4 nitrogen and oxygen atoms in total. The Kier molecular flexibility index (Phi) is 7.00. The fourth-order valence-electron chi connectivity index (χ4n) is 7.77. The quantitative estimate of drug-likeness (QED) is 0.172. The van der Waals surface area contributed by atoms with Crippen LogP contribution in [0.3, 0.4) is 0 Å². The van der Waals surface area contributed by atoms with Crippen LogP contribution in [0.5, 0.6) is 0 Å². The van der Waals surface area contributed by atoms with Gasteiger partial charge in [-0.15, -0.1) is 11.3 Å². The number of thiophene rings is 1. The largest absolute Gasteiger partial charge is 0.456 e.